The highest BCUT2D eigenvalue weighted by Crippen LogP contribution is 2.22. The van der Waals surface area contributed by atoms with Crippen LogP contribution < -0.4 is 9.46 Å². The lowest BCUT2D eigenvalue weighted by atomic mass is 10.1. The minimum atomic E-state index is -3.50. The minimum absolute atomic E-state index is 0.0792. The van der Waals surface area contributed by atoms with Gasteiger partial charge in [-0.25, -0.2) is 13.1 Å². The van der Waals surface area contributed by atoms with E-state index in [1.54, 1.807) is 24.3 Å². The van der Waals surface area contributed by atoms with Crippen molar-refractivity contribution < 1.29 is 17.9 Å². The van der Waals surface area contributed by atoms with Crippen molar-refractivity contribution in [3.63, 3.8) is 0 Å². The lowest BCUT2D eigenvalue weighted by molar-refractivity contribution is -0.0300. The molecule has 1 fully saturated rings. The quantitative estimate of drug-likeness (QED) is 0.651. The first-order valence-corrected chi connectivity index (χ1v) is 11.2. The molecule has 28 heavy (non-hydrogen) atoms. The van der Waals surface area contributed by atoms with Crippen molar-refractivity contribution in [2.75, 3.05) is 39.4 Å². The predicted octanol–water partition coefficient (Wildman–Crippen LogP) is 2.83. The van der Waals surface area contributed by atoms with Crippen LogP contribution in [0.1, 0.15) is 25.0 Å². The number of sulfonamides is 1. The molecular weight excluding hydrogens is 376 g/mol. The fraction of sp³-hybridized carbons (Fsp3) is 0.429. The molecular formula is C21H28N2O4S. The number of morpholine rings is 1. The first kappa shape index (κ1) is 20.8. The first-order valence-electron chi connectivity index (χ1n) is 9.70. The van der Waals surface area contributed by atoms with E-state index in [1.807, 2.05) is 25.1 Å². The predicted molar refractivity (Wildman–Crippen MR) is 109 cm³/mol. The van der Waals surface area contributed by atoms with Crippen molar-refractivity contribution >= 4 is 10.0 Å². The molecule has 6 nitrogen and oxygen atoms in total. The van der Waals surface area contributed by atoms with Gasteiger partial charge < -0.3 is 9.47 Å². The molecule has 1 N–H and O–H groups in total. The highest BCUT2D eigenvalue weighted by molar-refractivity contribution is 7.89. The first-order chi connectivity index (χ1) is 13.6. The van der Waals surface area contributed by atoms with Gasteiger partial charge in [-0.1, -0.05) is 30.3 Å². The summed E-state index contributed by atoms with van der Waals surface area (Å²) in [6.45, 7) is 6.07. The Labute approximate surface area is 167 Å². The molecule has 0 amide bonds. The van der Waals surface area contributed by atoms with Crippen LogP contribution in [0, 0.1) is 0 Å². The number of ether oxygens (including phenoxy) is 2. The van der Waals surface area contributed by atoms with Crippen LogP contribution in [-0.4, -0.2) is 52.7 Å². The van der Waals surface area contributed by atoms with Gasteiger partial charge in [-0.15, -0.1) is 0 Å². The van der Waals surface area contributed by atoms with E-state index in [-0.39, 0.29) is 11.0 Å². The molecule has 1 aliphatic rings. The van der Waals surface area contributed by atoms with Crippen LogP contribution in [0.15, 0.2) is 59.5 Å². The zero-order chi connectivity index (χ0) is 19.8. The summed E-state index contributed by atoms with van der Waals surface area (Å²) < 4.78 is 38.7. The Morgan fingerprint density at radius 1 is 1.14 bits per heavy atom. The van der Waals surface area contributed by atoms with E-state index in [2.05, 4.69) is 21.8 Å². The van der Waals surface area contributed by atoms with Crippen LogP contribution in [0.25, 0.3) is 0 Å². The topological polar surface area (TPSA) is 67.9 Å². The number of hydrogen-bond acceptors (Lipinski definition) is 5. The Kier molecular flexibility index (Phi) is 7.44. The third-order valence-corrected chi connectivity index (χ3v) is 6.19. The van der Waals surface area contributed by atoms with Crippen molar-refractivity contribution in [3.05, 3.63) is 60.2 Å². The Bertz CT molecular complexity index is 825. The second-order valence-corrected chi connectivity index (χ2v) is 8.49. The summed E-state index contributed by atoms with van der Waals surface area (Å²) in [5, 5.41) is 0. The average molecular weight is 405 g/mol. The van der Waals surface area contributed by atoms with Crippen molar-refractivity contribution in [1.82, 2.24) is 9.62 Å². The van der Waals surface area contributed by atoms with Gasteiger partial charge in [0.15, 0.2) is 0 Å². The zero-order valence-electron chi connectivity index (χ0n) is 16.2. The molecule has 2 aromatic rings. The fourth-order valence-corrected chi connectivity index (χ4v) is 4.32. The van der Waals surface area contributed by atoms with Crippen molar-refractivity contribution in [3.8, 4) is 5.75 Å². The molecule has 0 saturated carbocycles. The molecule has 0 aromatic heterocycles. The van der Waals surface area contributed by atoms with Crippen molar-refractivity contribution in [2.45, 2.75) is 24.3 Å². The largest absolute Gasteiger partial charge is 0.494 e. The maximum Gasteiger partial charge on any atom is 0.240 e. The number of nitrogens with one attached hydrogen (secondary N) is 1. The van der Waals surface area contributed by atoms with Crippen LogP contribution >= 0.6 is 0 Å². The standard InChI is InChI=1S/C21H28N2O4S/c1-2-26-19-9-11-20(12-10-19)28(24,25)22-13-6-14-23-15-16-27-21(17-23)18-7-4-3-5-8-18/h3-5,7-12,21-22H,2,6,13-17H2,1H3. The highest BCUT2D eigenvalue weighted by atomic mass is 32.2. The van der Waals surface area contributed by atoms with Crippen LogP contribution in [0.5, 0.6) is 5.75 Å². The summed E-state index contributed by atoms with van der Waals surface area (Å²) in [4.78, 5) is 2.58. The van der Waals surface area contributed by atoms with Crippen molar-refractivity contribution in [2.24, 2.45) is 0 Å². The minimum Gasteiger partial charge on any atom is -0.494 e. The van der Waals surface area contributed by atoms with Gasteiger partial charge in [0.2, 0.25) is 10.0 Å². The number of rotatable bonds is 9. The molecule has 1 aliphatic heterocycles. The summed E-state index contributed by atoms with van der Waals surface area (Å²) >= 11 is 0. The third kappa shape index (κ3) is 5.78. The van der Waals surface area contributed by atoms with E-state index >= 15 is 0 Å². The van der Waals surface area contributed by atoms with Gasteiger partial charge in [0.05, 0.1) is 24.2 Å². The van der Waals surface area contributed by atoms with Crippen LogP contribution in [0.3, 0.4) is 0 Å². The average Bonchev–Trinajstić information content (AvgIpc) is 2.73. The number of hydrogen-bond donors (Lipinski definition) is 1. The van der Waals surface area contributed by atoms with E-state index in [1.165, 1.54) is 5.56 Å². The summed E-state index contributed by atoms with van der Waals surface area (Å²) in [7, 11) is -3.50. The van der Waals surface area contributed by atoms with Gasteiger partial charge in [-0.2, -0.15) is 0 Å². The maximum absolute atomic E-state index is 12.4. The van der Waals surface area contributed by atoms with Crippen LogP contribution in [0.4, 0.5) is 0 Å². The van der Waals surface area contributed by atoms with E-state index in [0.29, 0.717) is 25.5 Å². The lowest BCUT2D eigenvalue weighted by Crippen LogP contribution is -2.39. The number of benzene rings is 2. The Hall–Kier alpha value is -1.93. The molecule has 1 saturated heterocycles. The Morgan fingerprint density at radius 3 is 2.61 bits per heavy atom. The van der Waals surface area contributed by atoms with E-state index in [0.717, 1.165) is 26.1 Å². The lowest BCUT2D eigenvalue weighted by Gasteiger charge is -2.33. The van der Waals surface area contributed by atoms with Gasteiger partial charge in [0.1, 0.15) is 5.75 Å². The molecule has 1 atom stereocenters. The monoisotopic (exact) mass is 404 g/mol. The van der Waals surface area contributed by atoms with E-state index in [4.69, 9.17) is 9.47 Å². The van der Waals surface area contributed by atoms with Gasteiger partial charge in [-0.3, -0.25) is 4.90 Å². The smallest absolute Gasteiger partial charge is 0.240 e. The molecule has 1 heterocycles. The molecule has 7 heteroatoms. The second-order valence-electron chi connectivity index (χ2n) is 6.73. The molecule has 152 valence electrons. The van der Waals surface area contributed by atoms with Crippen LogP contribution in [-0.2, 0) is 14.8 Å². The molecule has 3 rings (SSSR count). The Balaban J connectivity index is 1.44. The zero-order valence-corrected chi connectivity index (χ0v) is 17.0. The summed E-state index contributed by atoms with van der Waals surface area (Å²) in [5.74, 6) is 0.668. The molecule has 0 aliphatic carbocycles. The van der Waals surface area contributed by atoms with Gasteiger partial charge in [0, 0.05) is 19.6 Å². The molecule has 2 aromatic carbocycles. The SMILES string of the molecule is CCOc1ccc(S(=O)(=O)NCCCN2CCOC(c3ccccc3)C2)cc1. The Morgan fingerprint density at radius 2 is 1.89 bits per heavy atom. The van der Waals surface area contributed by atoms with Gasteiger partial charge >= 0.3 is 0 Å². The van der Waals surface area contributed by atoms with Gasteiger partial charge in [-0.05, 0) is 49.7 Å². The van der Waals surface area contributed by atoms with Crippen molar-refractivity contribution in [1.29, 1.82) is 0 Å². The number of nitrogens with zero attached hydrogens (tertiary/aromatic N) is 1. The normalized spacial score (nSPS) is 18.1. The molecule has 0 bridgehead atoms. The summed E-state index contributed by atoms with van der Waals surface area (Å²) in [6.07, 6.45) is 0.827. The van der Waals surface area contributed by atoms with E-state index in [9.17, 15) is 8.42 Å². The van der Waals surface area contributed by atoms with Crippen LogP contribution in [0.2, 0.25) is 0 Å². The molecule has 0 radical (unpaired) electrons. The summed E-state index contributed by atoms with van der Waals surface area (Å²) in [5.41, 5.74) is 1.18. The molecule has 0 spiro atoms. The maximum atomic E-state index is 12.4. The third-order valence-electron chi connectivity index (χ3n) is 4.71. The highest BCUT2D eigenvalue weighted by Gasteiger charge is 2.21. The molecule has 1 unspecified atom stereocenters. The van der Waals surface area contributed by atoms with E-state index < -0.39 is 10.0 Å². The second kappa shape index (κ2) is 10.0. The summed E-state index contributed by atoms with van der Waals surface area (Å²) in [6, 6.07) is 16.7. The fourth-order valence-electron chi connectivity index (χ4n) is 3.25. The van der Waals surface area contributed by atoms with Gasteiger partial charge in [0.25, 0.3) is 0 Å².